The molecule has 2 N–H and O–H groups in total. The number of rotatable bonds is 7. The molecule has 1 aromatic carbocycles. The summed E-state index contributed by atoms with van der Waals surface area (Å²) >= 11 is 0. The molecule has 1 amide bonds. The van der Waals surface area contributed by atoms with E-state index in [-0.39, 0.29) is 12.5 Å². The lowest BCUT2D eigenvalue weighted by molar-refractivity contribution is -0.123. The quantitative estimate of drug-likeness (QED) is 0.810. The van der Waals surface area contributed by atoms with Crippen LogP contribution in [0.4, 0.5) is 0 Å². The highest BCUT2D eigenvalue weighted by Crippen LogP contribution is 2.20. The molecule has 2 aliphatic carbocycles. The normalized spacial score (nSPS) is 18.7. The number of carbonyl (C=O) groups is 1. The molecule has 0 unspecified atom stereocenters. The summed E-state index contributed by atoms with van der Waals surface area (Å²) in [5.41, 5.74) is 1.20. The van der Waals surface area contributed by atoms with Crippen LogP contribution in [-0.4, -0.2) is 24.6 Å². The largest absolute Gasteiger partial charge is 0.484 e. The van der Waals surface area contributed by atoms with Gasteiger partial charge in [-0.15, -0.1) is 0 Å². The van der Waals surface area contributed by atoms with E-state index in [2.05, 4.69) is 16.7 Å². The molecule has 21 heavy (non-hydrogen) atoms. The van der Waals surface area contributed by atoms with Crippen molar-refractivity contribution >= 4 is 5.91 Å². The summed E-state index contributed by atoms with van der Waals surface area (Å²) in [5.74, 6) is 0.759. The zero-order valence-corrected chi connectivity index (χ0v) is 12.4. The molecule has 0 heterocycles. The highest BCUT2D eigenvalue weighted by atomic mass is 16.5. The van der Waals surface area contributed by atoms with E-state index < -0.39 is 0 Å². The molecule has 2 saturated carbocycles. The topological polar surface area (TPSA) is 50.4 Å². The lowest BCUT2D eigenvalue weighted by atomic mass is 10.2. The predicted molar refractivity (Wildman–Crippen MR) is 82.2 cm³/mol. The molecule has 1 aromatic rings. The van der Waals surface area contributed by atoms with Gasteiger partial charge in [-0.1, -0.05) is 25.0 Å². The lowest BCUT2D eigenvalue weighted by Crippen LogP contribution is -2.36. The van der Waals surface area contributed by atoms with E-state index >= 15 is 0 Å². The summed E-state index contributed by atoms with van der Waals surface area (Å²) in [4.78, 5) is 11.8. The molecule has 3 rings (SSSR count). The van der Waals surface area contributed by atoms with Crippen molar-refractivity contribution in [3.05, 3.63) is 29.8 Å². The molecule has 4 heteroatoms. The van der Waals surface area contributed by atoms with E-state index in [9.17, 15) is 4.79 Å². The minimum atomic E-state index is -0.0107. The Labute approximate surface area is 126 Å². The van der Waals surface area contributed by atoms with Gasteiger partial charge < -0.3 is 15.4 Å². The predicted octanol–water partition coefficient (Wildman–Crippen LogP) is 2.38. The first kappa shape index (κ1) is 14.4. The number of nitrogens with one attached hydrogen (secondary N) is 2. The van der Waals surface area contributed by atoms with E-state index in [1.165, 1.54) is 31.2 Å². The molecule has 0 spiro atoms. The molecular weight excluding hydrogens is 264 g/mol. The third kappa shape index (κ3) is 4.74. The van der Waals surface area contributed by atoms with Gasteiger partial charge in [0.1, 0.15) is 5.75 Å². The Morgan fingerprint density at radius 3 is 2.71 bits per heavy atom. The number of benzene rings is 1. The Bertz CT molecular complexity index is 479. The minimum Gasteiger partial charge on any atom is -0.484 e. The van der Waals surface area contributed by atoms with E-state index in [0.29, 0.717) is 12.1 Å². The smallest absolute Gasteiger partial charge is 0.258 e. The van der Waals surface area contributed by atoms with Gasteiger partial charge >= 0.3 is 0 Å². The van der Waals surface area contributed by atoms with Gasteiger partial charge in [0.2, 0.25) is 0 Å². The second kappa shape index (κ2) is 6.94. The number of carbonyl (C=O) groups excluding carboxylic acids is 1. The van der Waals surface area contributed by atoms with Crippen molar-refractivity contribution in [2.75, 3.05) is 6.61 Å². The molecule has 2 fully saturated rings. The van der Waals surface area contributed by atoms with Gasteiger partial charge in [0.25, 0.3) is 5.91 Å². The van der Waals surface area contributed by atoms with Crippen LogP contribution in [0.25, 0.3) is 0 Å². The standard InChI is InChI=1S/C17H24N2O2/c20-17(19-15-5-1-2-6-15)12-21-16-7-3-4-13(10-16)11-18-14-8-9-14/h3-4,7,10,14-15,18H,1-2,5-6,8-9,11-12H2,(H,19,20). The number of amides is 1. The molecule has 2 aliphatic rings. The fourth-order valence-electron chi connectivity index (χ4n) is 2.78. The number of ether oxygens (including phenoxy) is 1. The molecule has 4 nitrogen and oxygen atoms in total. The Balaban J connectivity index is 1.42. The Kier molecular flexibility index (Phi) is 4.76. The van der Waals surface area contributed by atoms with Crippen LogP contribution in [0.3, 0.4) is 0 Å². The van der Waals surface area contributed by atoms with Gasteiger partial charge in [-0.25, -0.2) is 0 Å². The first-order chi connectivity index (χ1) is 10.3. The van der Waals surface area contributed by atoms with Crippen molar-refractivity contribution < 1.29 is 9.53 Å². The fourth-order valence-corrected chi connectivity index (χ4v) is 2.78. The molecule has 0 aromatic heterocycles. The maximum absolute atomic E-state index is 11.8. The first-order valence-corrected chi connectivity index (χ1v) is 8.04. The van der Waals surface area contributed by atoms with Gasteiger partial charge in [0.05, 0.1) is 0 Å². The SMILES string of the molecule is O=C(COc1cccc(CNC2CC2)c1)NC1CCCC1. The van der Waals surface area contributed by atoms with Gasteiger partial charge in [0.15, 0.2) is 6.61 Å². The molecule has 0 atom stereocenters. The van der Waals surface area contributed by atoms with Gasteiger partial charge in [-0.3, -0.25) is 4.79 Å². The van der Waals surface area contributed by atoms with Crippen molar-refractivity contribution in [3.63, 3.8) is 0 Å². The molecule has 0 saturated heterocycles. The van der Waals surface area contributed by atoms with Crippen LogP contribution in [-0.2, 0) is 11.3 Å². The lowest BCUT2D eigenvalue weighted by Gasteiger charge is -2.13. The molecule has 0 aliphatic heterocycles. The van der Waals surface area contributed by atoms with Crippen LogP contribution in [0, 0.1) is 0 Å². The second-order valence-corrected chi connectivity index (χ2v) is 6.14. The van der Waals surface area contributed by atoms with Crippen LogP contribution >= 0.6 is 0 Å². The maximum atomic E-state index is 11.8. The summed E-state index contributed by atoms with van der Waals surface area (Å²) in [7, 11) is 0. The molecule has 114 valence electrons. The number of hydrogen-bond acceptors (Lipinski definition) is 3. The maximum Gasteiger partial charge on any atom is 0.258 e. The zero-order chi connectivity index (χ0) is 14.5. The van der Waals surface area contributed by atoms with Crippen molar-refractivity contribution in [2.45, 2.75) is 57.2 Å². The van der Waals surface area contributed by atoms with Crippen LogP contribution in [0.2, 0.25) is 0 Å². The van der Waals surface area contributed by atoms with E-state index in [0.717, 1.165) is 25.1 Å². The second-order valence-electron chi connectivity index (χ2n) is 6.14. The summed E-state index contributed by atoms with van der Waals surface area (Å²) in [6.45, 7) is 0.978. The van der Waals surface area contributed by atoms with Crippen molar-refractivity contribution in [3.8, 4) is 5.75 Å². The molecular formula is C17H24N2O2. The summed E-state index contributed by atoms with van der Waals surface area (Å²) in [5, 5.41) is 6.51. The molecule has 0 bridgehead atoms. The van der Waals surface area contributed by atoms with Crippen molar-refractivity contribution in [1.29, 1.82) is 0 Å². The third-order valence-electron chi connectivity index (χ3n) is 4.16. The molecule has 0 radical (unpaired) electrons. The Morgan fingerprint density at radius 1 is 1.14 bits per heavy atom. The summed E-state index contributed by atoms with van der Waals surface area (Å²) in [6, 6.07) is 9.04. The monoisotopic (exact) mass is 288 g/mol. The van der Waals surface area contributed by atoms with Crippen LogP contribution in [0.1, 0.15) is 44.1 Å². The summed E-state index contributed by atoms with van der Waals surface area (Å²) in [6.07, 6.45) is 7.24. The summed E-state index contributed by atoms with van der Waals surface area (Å²) < 4.78 is 5.60. The van der Waals surface area contributed by atoms with Crippen molar-refractivity contribution in [1.82, 2.24) is 10.6 Å². The van der Waals surface area contributed by atoms with Crippen LogP contribution < -0.4 is 15.4 Å². The Morgan fingerprint density at radius 2 is 1.95 bits per heavy atom. The van der Waals surface area contributed by atoms with E-state index in [4.69, 9.17) is 4.74 Å². The highest BCUT2D eigenvalue weighted by molar-refractivity contribution is 5.77. The third-order valence-corrected chi connectivity index (χ3v) is 4.16. The fraction of sp³-hybridized carbons (Fsp3) is 0.588. The van der Waals surface area contributed by atoms with Crippen LogP contribution in [0.5, 0.6) is 5.75 Å². The minimum absolute atomic E-state index is 0.0107. The first-order valence-electron chi connectivity index (χ1n) is 8.04. The van der Waals surface area contributed by atoms with E-state index in [1.807, 2.05) is 18.2 Å². The zero-order valence-electron chi connectivity index (χ0n) is 12.4. The van der Waals surface area contributed by atoms with Crippen LogP contribution in [0.15, 0.2) is 24.3 Å². The van der Waals surface area contributed by atoms with E-state index in [1.54, 1.807) is 0 Å². The highest BCUT2D eigenvalue weighted by Gasteiger charge is 2.20. The van der Waals surface area contributed by atoms with Gasteiger partial charge in [-0.05, 0) is 43.4 Å². The van der Waals surface area contributed by atoms with Gasteiger partial charge in [0, 0.05) is 18.6 Å². The average molecular weight is 288 g/mol. The number of hydrogen-bond donors (Lipinski definition) is 2. The van der Waals surface area contributed by atoms with Crippen molar-refractivity contribution in [2.24, 2.45) is 0 Å². The average Bonchev–Trinajstić information content (AvgIpc) is 3.20. The van der Waals surface area contributed by atoms with Gasteiger partial charge in [-0.2, -0.15) is 0 Å². The Hall–Kier alpha value is -1.55.